The standard InChI is InChI=1S/C18H22Cl2INO2/c1-10(24-16-6-5-13(19)9-15(16)20)17(23)22-18(2,21)14-8-11-3-4-12(14)7-11/h5-6,9-12,14H,3-4,7-8H2,1-2H3,(H,22,23). The second-order valence-electron chi connectivity index (χ2n) is 7.18. The van der Waals surface area contributed by atoms with E-state index in [1.54, 1.807) is 25.1 Å². The molecule has 2 aliphatic rings. The van der Waals surface area contributed by atoms with E-state index < -0.39 is 6.10 Å². The van der Waals surface area contributed by atoms with E-state index in [2.05, 4.69) is 34.8 Å². The van der Waals surface area contributed by atoms with Gasteiger partial charge in [0.15, 0.2) is 6.10 Å². The molecule has 3 nitrogen and oxygen atoms in total. The minimum absolute atomic E-state index is 0.110. The monoisotopic (exact) mass is 481 g/mol. The number of amides is 1. The van der Waals surface area contributed by atoms with E-state index in [1.807, 2.05) is 0 Å². The summed E-state index contributed by atoms with van der Waals surface area (Å²) in [6, 6.07) is 5.00. The van der Waals surface area contributed by atoms with Crippen LogP contribution in [0, 0.1) is 17.8 Å². The SMILES string of the molecule is CC(Oc1ccc(Cl)cc1Cl)C(=O)NC(C)(I)C1CC2CCC1C2. The number of ether oxygens (including phenoxy) is 1. The molecule has 2 fully saturated rings. The predicted octanol–water partition coefficient (Wildman–Crippen LogP) is 5.46. The molecule has 0 aliphatic heterocycles. The lowest BCUT2D eigenvalue weighted by atomic mass is 9.84. The molecule has 1 aromatic carbocycles. The van der Waals surface area contributed by atoms with Crippen LogP contribution in [0.15, 0.2) is 18.2 Å². The van der Waals surface area contributed by atoms with Crippen molar-refractivity contribution in [3.63, 3.8) is 0 Å². The minimum Gasteiger partial charge on any atom is -0.479 e. The van der Waals surface area contributed by atoms with Crippen LogP contribution in [-0.2, 0) is 4.79 Å². The van der Waals surface area contributed by atoms with Gasteiger partial charge >= 0.3 is 0 Å². The number of halogens is 3. The van der Waals surface area contributed by atoms with Crippen molar-refractivity contribution in [3.05, 3.63) is 28.2 Å². The summed E-state index contributed by atoms with van der Waals surface area (Å²) in [4.78, 5) is 12.6. The number of nitrogens with one attached hydrogen (secondary N) is 1. The van der Waals surface area contributed by atoms with Crippen molar-refractivity contribution in [2.75, 3.05) is 0 Å². The molecule has 0 spiro atoms. The van der Waals surface area contributed by atoms with Crippen LogP contribution in [0.3, 0.4) is 0 Å². The Balaban J connectivity index is 1.61. The van der Waals surface area contributed by atoms with Crippen molar-refractivity contribution in [2.24, 2.45) is 17.8 Å². The minimum atomic E-state index is -0.614. The number of hydrogen-bond acceptors (Lipinski definition) is 2. The van der Waals surface area contributed by atoms with Gasteiger partial charge in [-0.3, -0.25) is 4.79 Å². The maximum atomic E-state index is 12.6. The third-order valence-corrected chi connectivity index (χ3v) is 6.97. The first kappa shape index (κ1) is 18.6. The maximum absolute atomic E-state index is 12.6. The molecular formula is C18H22Cl2INO2. The molecule has 0 aromatic heterocycles. The first-order valence-electron chi connectivity index (χ1n) is 8.39. The smallest absolute Gasteiger partial charge is 0.261 e. The van der Waals surface area contributed by atoms with Gasteiger partial charge in [0, 0.05) is 5.02 Å². The van der Waals surface area contributed by atoms with E-state index >= 15 is 0 Å². The van der Waals surface area contributed by atoms with Crippen LogP contribution in [0.4, 0.5) is 0 Å². The van der Waals surface area contributed by atoms with Gasteiger partial charge in [-0.05, 0) is 69.1 Å². The zero-order valence-electron chi connectivity index (χ0n) is 13.8. The molecule has 2 bridgehead atoms. The van der Waals surface area contributed by atoms with Gasteiger partial charge in [-0.2, -0.15) is 0 Å². The number of hydrogen-bond donors (Lipinski definition) is 1. The molecule has 1 aromatic rings. The zero-order chi connectivity index (χ0) is 17.5. The van der Waals surface area contributed by atoms with E-state index in [1.165, 1.54) is 25.7 Å². The van der Waals surface area contributed by atoms with Gasteiger partial charge in [-0.1, -0.05) is 52.2 Å². The number of carbonyl (C=O) groups is 1. The van der Waals surface area contributed by atoms with E-state index in [-0.39, 0.29) is 9.45 Å². The van der Waals surface area contributed by atoms with Crippen LogP contribution >= 0.6 is 45.8 Å². The van der Waals surface area contributed by atoms with Crippen LogP contribution in [0.2, 0.25) is 10.0 Å². The third-order valence-electron chi connectivity index (χ3n) is 5.37. The van der Waals surface area contributed by atoms with Gasteiger partial charge in [0.2, 0.25) is 0 Å². The van der Waals surface area contributed by atoms with Gasteiger partial charge in [0.1, 0.15) is 5.75 Å². The fourth-order valence-electron chi connectivity index (χ4n) is 4.16. The van der Waals surface area contributed by atoms with Crippen molar-refractivity contribution in [1.29, 1.82) is 0 Å². The van der Waals surface area contributed by atoms with Crippen LogP contribution in [-0.4, -0.2) is 15.6 Å². The Morgan fingerprint density at radius 1 is 1.38 bits per heavy atom. The van der Waals surface area contributed by atoms with Crippen LogP contribution in [0.1, 0.15) is 39.5 Å². The Hall–Kier alpha value is -0.200. The van der Waals surface area contributed by atoms with Gasteiger partial charge < -0.3 is 10.1 Å². The molecule has 0 radical (unpaired) electrons. The van der Waals surface area contributed by atoms with E-state index in [9.17, 15) is 4.79 Å². The second-order valence-corrected chi connectivity index (χ2v) is 10.3. The van der Waals surface area contributed by atoms with Crippen molar-refractivity contribution in [1.82, 2.24) is 5.32 Å². The second kappa shape index (κ2) is 7.20. The Labute approximate surface area is 166 Å². The van der Waals surface area contributed by atoms with Crippen molar-refractivity contribution < 1.29 is 9.53 Å². The summed E-state index contributed by atoms with van der Waals surface area (Å²) in [5.41, 5.74) is 0. The molecule has 24 heavy (non-hydrogen) atoms. The normalized spacial score (nSPS) is 29.1. The molecular weight excluding hydrogens is 460 g/mol. The van der Waals surface area contributed by atoms with Crippen molar-refractivity contribution >= 4 is 51.7 Å². The first-order chi connectivity index (χ1) is 11.3. The van der Waals surface area contributed by atoms with E-state index in [0.717, 1.165) is 11.8 Å². The summed E-state index contributed by atoms with van der Waals surface area (Å²) >= 11 is 14.4. The fourth-order valence-corrected chi connectivity index (χ4v) is 5.64. The van der Waals surface area contributed by atoms with Crippen LogP contribution < -0.4 is 10.1 Å². The Bertz CT molecular complexity index is 637. The Morgan fingerprint density at radius 3 is 2.71 bits per heavy atom. The first-order valence-corrected chi connectivity index (χ1v) is 10.2. The molecule has 0 saturated heterocycles. The third kappa shape index (κ3) is 3.96. The Morgan fingerprint density at radius 2 is 2.12 bits per heavy atom. The Kier molecular flexibility index (Phi) is 5.57. The van der Waals surface area contributed by atoms with Crippen molar-refractivity contribution in [2.45, 2.75) is 49.2 Å². The van der Waals surface area contributed by atoms with Gasteiger partial charge in [-0.15, -0.1) is 0 Å². The lowest BCUT2D eigenvalue weighted by molar-refractivity contribution is -0.128. The molecule has 132 valence electrons. The lowest BCUT2D eigenvalue weighted by Crippen LogP contribution is -2.51. The predicted molar refractivity (Wildman–Crippen MR) is 106 cm³/mol. The highest BCUT2D eigenvalue weighted by Gasteiger charge is 2.48. The van der Waals surface area contributed by atoms with Gasteiger partial charge in [0.25, 0.3) is 5.91 Å². The van der Waals surface area contributed by atoms with E-state index in [4.69, 9.17) is 27.9 Å². The number of benzene rings is 1. The highest BCUT2D eigenvalue weighted by Crippen LogP contribution is 2.53. The van der Waals surface area contributed by atoms with Crippen molar-refractivity contribution in [3.8, 4) is 5.75 Å². The number of carbonyl (C=O) groups excluding carboxylic acids is 1. The molecule has 5 atom stereocenters. The molecule has 1 N–H and O–H groups in total. The van der Waals surface area contributed by atoms with Crippen LogP contribution in [0.25, 0.3) is 0 Å². The lowest BCUT2D eigenvalue weighted by Gasteiger charge is -2.37. The molecule has 1 amide bonds. The average molecular weight is 482 g/mol. The summed E-state index contributed by atoms with van der Waals surface area (Å²) in [6.45, 7) is 3.87. The zero-order valence-corrected chi connectivity index (χ0v) is 17.5. The topological polar surface area (TPSA) is 38.3 Å². The molecule has 2 aliphatic carbocycles. The summed E-state index contributed by atoms with van der Waals surface area (Å²) in [5.74, 6) is 2.51. The molecule has 2 saturated carbocycles. The quantitative estimate of drug-likeness (QED) is 0.344. The number of rotatable bonds is 5. The number of fused-ring (bicyclic) bond motifs is 2. The number of alkyl halides is 1. The summed E-state index contributed by atoms with van der Waals surface area (Å²) < 4.78 is 5.49. The van der Waals surface area contributed by atoms with Gasteiger partial charge in [0.05, 0.1) is 8.57 Å². The average Bonchev–Trinajstić information content (AvgIpc) is 3.12. The molecule has 5 unspecified atom stereocenters. The maximum Gasteiger partial charge on any atom is 0.261 e. The van der Waals surface area contributed by atoms with E-state index in [0.29, 0.717) is 21.7 Å². The molecule has 0 heterocycles. The summed E-state index contributed by atoms with van der Waals surface area (Å²) in [6.07, 6.45) is 4.59. The van der Waals surface area contributed by atoms with Crippen LogP contribution in [0.5, 0.6) is 5.75 Å². The molecule has 6 heteroatoms. The summed E-state index contributed by atoms with van der Waals surface area (Å²) in [5, 5.41) is 4.14. The highest BCUT2D eigenvalue weighted by molar-refractivity contribution is 14.1. The largest absolute Gasteiger partial charge is 0.479 e. The fraction of sp³-hybridized carbons (Fsp3) is 0.611. The summed E-state index contributed by atoms with van der Waals surface area (Å²) in [7, 11) is 0. The molecule has 3 rings (SSSR count). The van der Waals surface area contributed by atoms with Gasteiger partial charge in [-0.25, -0.2) is 0 Å². The highest BCUT2D eigenvalue weighted by atomic mass is 127.